The van der Waals surface area contributed by atoms with Crippen molar-refractivity contribution in [2.24, 2.45) is 0 Å². The molecular formula is C13H18N2O2S2. The number of nitrogens with zero attached hydrogens (tertiary/aromatic N) is 1. The van der Waals surface area contributed by atoms with Crippen molar-refractivity contribution in [3.63, 3.8) is 0 Å². The van der Waals surface area contributed by atoms with Gasteiger partial charge < -0.3 is 5.32 Å². The molecule has 1 aromatic carbocycles. The molecule has 0 saturated heterocycles. The smallest absolute Gasteiger partial charge is 0.175 e. The predicted octanol–water partition coefficient (Wildman–Crippen LogP) is 2.07. The quantitative estimate of drug-likeness (QED) is 0.780. The summed E-state index contributed by atoms with van der Waals surface area (Å²) in [4.78, 5) is 1.35. The van der Waals surface area contributed by atoms with Gasteiger partial charge in [-0.2, -0.15) is 5.26 Å². The molecular weight excluding hydrogens is 280 g/mol. The van der Waals surface area contributed by atoms with Crippen LogP contribution < -0.4 is 5.32 Å². The fraction of sp³-hybridized carbons (Fsp3) is 0.462. The van der Waals surface area contributed by atoms with E-state index < -0.39 is 9.84 Å². The highest BCUT2D eigenvalue weighted by atomic mass is 32.2. The van der Waals surface area contributed by atoms with Gasteiger partial charge >= 0.3 is 0 Å². The number of nitriles is 1. The second-order valence-electron chi connectivity index (χ2n) is 4.12. The van der Waals surface area contributed by atoms with Gasteiger partial charge in [0.25, 0.3) is 0 Å². The SMILES string of the molecule is CCNC(C#N)CCSc1ccc(S(C)(=O)=O)cc1. The van der Waals surface area contributed by atoms with Gasteiger partial charge in [-0.25, -0.2) is 8.42 Å². The van der Waals surface area contributed by atoms with Crippen LogP contribution in [0.5, 0.6) is 0 Å². The molecule has 0 spiro atoms. The Labute approximate surface area is 119 Å². The van der Waals surface area contributed by atoms with E-state index in [1.807, 2.05) is 6.92 Å². The van der Waals surface area contributed by atoms with Crippen molar-refractivity contribution in [1.29, 1.82) is 5.26 Å². The number of nitrogens with one attached hydrogen (secondary N) is 1. The van der Waals surface area contributed by atoms with Gasteiger partial charge in [0.2, 0.25) is 0 Å². The molecule has 4 nitrogen and oxygen atoms in total. The van der Waals surface area contributed by atoms with Crippen molar-refractivity contribution in [2.45, 2.75) is 29.2 Å². The van der Waals surface area contributed by atoms with Gasteiger partial charge in [0.15, 0.2) is 9.84 Å². The molecule has 0 amide bonds. The lowest BCUT2D eigenvalue weighted by Gasteiger charge is -2.09. The van der Waals surface area contributed by atoms with Crippen LogP contribution in [0.1, 0.15) is 13.3 Å². The topological polar surface area (TPSA) is 70.0 Å². The van der Waals surface area contributed by atoms with E-state index in [0.29, 0.717) is 4.90 Å². The first-order valence-corrected chi connectivity index (χ1v) is 8.91. The summed E-state index contributed by atoms with van der Waals surface area (Å²) in [7, 11) is -3.13. The maximum atomic E-state index is 11.3. The fourth-order valence-corrected chi connectivity index (χ4v) is 3.08. The van der Waals surface area contributed by atoms with Crippen LogP contribution in [-0.2, 0) is 9.84 Å². The third-order valence-corrected chi connectivity index (χ3v) is 4.71. The third kappa shape index (κ3) is 5.64. The molecule has 1 aromatic rings. The molecule has 1 N–H and O–H groups in total. The summed E-state index contributed by atoms with van der Waals surface area (Å²) in [6, 6.07) is 8.93. The first kappa shape index (κ1) is 16.0. The minimum atomic E-state index is -3.13. The summed E-state index contributed by atoms with van der Waals surface area (Å²) in [5.41, 5.74) is 0. The highest BCUT2D eigenvalue weighted by Gasteiger charge is 2.07. The second-order valence-corrected chi connectivity index (χ2v) is 7.30. The number of thioether (sulfide) groups is 1. The van der Waals surface area contributed by atoms with Crippen LogP contribution in [-0.4, -0.2) is 33.0 Å². The van der Waals surface area contributed by atoms with E-state index in [-0.39, 0.29) is 6.04 Å². The van der Waals surface area contributed by atoms with Crippen LogP contribution >= 0.6 is 11.8 Å². The molecule has 19 heavy (non-hydrogen) atoms. The van der Waals surface area contributed by atoms with Crippen LogP contribution in [0.25, 0.3) is 0 Å². The van der Waals surface area contributed by atoms with Gasteiger partial charge in [-0.1, -0.05) is 6.92 Å². The van der Waals surface area contributed by atoms with Crippen molar-refractivity contribution in [3.8, 4) is 6.07 Å². The van der Waals surface area contributed by atoms with Crippen molar-refractivity contribution in [1.82, 2.24) is 5.32 Å². The van der Waals surface area contributed by atoms with Gasteiger partial charge in [0.05, 0.1) is 17.0 Å². The molecule has 0 heterocycles. The highest BCUT2D eigenvalue weighted by molar-refractivity contribution is 7.99. The molecule has 0 fully saturated rings. The maximum Gasteiger partial charge on any atom is 0.175 e. The van der Waals surface area contributed by atoms with Crippen molar-refractivity contribution in [2.75, 3.05) is 18.6 Å². The number of benzene rings is 1. The Bertz CT molecular complexity index is 533. The lowest BCUT2D eigenvalue weighted by molar-refractivity contribution is 0.602. The molecule has 104 valence electrons. The number of rotatable bonds is 7. The van der Waals surface area contributed by atoms with E-state index in [0.717, 1.165) is 23.6 Å². The molecule has 0 radical (unpaired) electrons. The van der Waals surface area contributed by atoms with Crippen LogP contribution in [0.2, 0.25) is 0 Å². The molecule has 0 aliphatic carbocycles. The van der Waals surface area contributed by atoms with Crippen molar-refractivity contribution in [3.05, 3.63) is 24.3 Å². The molecule has 1 atom stereocenters. The largest absolute Gasteiger partial charge is 0.302 e. The monoisotopic (exact) mass is 298 g/mol. The normalized spacial score (nSPS) is 12.9. The van der Waals surface area contributed by atoms with Crippen LogP contribution in [0.4, 0.5) is 0 Å². The number of sulfone groups is 1. The highest BCUT2D eigenvalue weighted by Crippen LogP contribution is 2.21. The Morgan fingerprint density at radius 3 is 2.47 bits per heavy atom. The average Bonchev–Trinajstić information content (AvgIpc) is 2.37. The van der Waals surface area contributed by atoms with Gasteiger partial charge in [-0.15, -0.1) is 11.8 Å². The summed E-state index contributed by atoms with van der Waals surface area (Å²) in [6.07, 6.45) is 1.96. The van der Waals surface area contributed by atoms with Crippen molar-refractivity contribution < 1.29 is 8.42 Å². The minimum absolute atomic E-state index is 0.118. The zero-order valence-electron chi connectivity index (χ0n) is 11.1. The summed E-state index contributed by atoms with van der Waals surface area (Å²) in [5.74, 6) is 0.823. The first-order chi connectivity index (χ1) is 8.97. The first-order valence-electron chi connectivity index (χ1n) is 6.03. The molecule has 6 heteroatoms. The van der Waals surface area contributed by atoms with E-state index >= 15 is 0 Å². The summed E-state index contributed by atoms with van der Waals surface area (Å²) in [6.45, 7) is 2.76. The Morgan fingerprint density at radius 2 is 2.00 bits per heavy atom. The van der Waals surface area contributed by atoms with Gasteiger partial charge in [0.1, 0.15) is 0 Å². The minimum Gasteiger partial charge on any atom is -0.302 e. The molecule has 0 aromatic heterocycles. The Balaban J connectivity index is 2.49. The molecule has 0 aliphatic heterocycles. The summed E-state index contributed by atoms with van der Waals surface area (Å²) < 4.78 is 22.6. The zero-order chi connectivity index (χ0) is 14.3. The molecule has 1 rings (SSSR count). The molecule has 1 unspecified atom stereocenters. The van der Waals surface area contributed by atoms with Crippen LogP contribution in [0.3, 0.4) is 0 Å². The second kappa shape index (κ2) is 7.53. The summed E-state index contributed by atoms with van der Waals surface area (Å²) >= 11 is 1.62. The lowest BCUT2D eigenvalue weighted by atomic mass is 10.2. The Kier molecular flexibility index (Phi) is 6.35. The van der Waals surface area contributed by atoms with E-state index in [9.17, 15) is 8.42 Å². The predicted molar refractivity (Wildman–Crippen MR) is 78.0 cm³/mol. The van der Waals surface area contributed by atoms with Gasteiger partial charge in [-0.05, 0) is 37.2 Å². The molecule has 0 bridgehead atoms. The van der Waals surface area contributed by atoms with Crippen molar-refractivity contribution >= 4 is 21.6 Å². The van der Waals surface area contributed by atoms with E-state index in [1.165, 1.54) is 6.26 Å². The number of hydrogen-bond donors (Lipinski definition) is 1. The standard InChI is InChI=1S/C13H18N2O2S2/c1-3-15-11(10-14)8-9-18-12-4-6-13(7-5-12)19(2,16)17/h4-7,11,15H,3,8-9H2,1-2H3. The van der Waals surface area contributed by atoms with Gasteiger partial charge in [-0.3, -0.25) is 0 Å². The lowest BCUT2D eigenvalue weighted by Crippen LogP contribution is -2.27. The molecule has 0 saturated carbocycles. The fourth-order valence-electron chi connectivity index (χ4n) is 1.54. The summed E-state index contributed by atoms with van der Waals surface area (Å²) in [5, 5.41) is 12.0. The van der Waals surface area contributed by atoms with Gasteiger partial charge in [0, 0.05) is 16.9 Å². The maximum absolute atomic E-state index is 11.3. The Morgan fingerprint density at radius 1 is 1.37 bits per heavy atom. The van der Waals surface area contributed by atoms with Crippen LogP contribution in [0, 0.1) is 11.3 Å². The van der Waals surface area contributed by atoms with E-state index in [1.54, 1.807) is 36.0 Å². The third-order valence-electron chi connectivity index (χ3n) is 2.53. The average molecular weight is 298 g/mol. The number of hydrogen-bond acceptors (Lipinski definition) is 5. The van der Waals surface area contributed by atoms with E-state index in [4.69, 9.17) is 5.26 Å². The van der Waals surface area contributed by atoms with E-state index in [2.05, 4.69) is 11.4 Å². The zero-order valence-corrected chi connectivity index (χ0v) is 12.7. The van der Waals surface area contributed by atoms with Crippen LogP contribution in [0.15, 0.2) is 34.1 Å². The Hall–Kier alpha value is -1.03. The molecule has 0 aliphatic rings.